The van der Waals surface area contributed by atoms with Gasteiger partial charge in [0, 0.05) is 24.6 Å². The van der Waals surface area contributed by atoms with Crippen molar-refractivity contribution in [2.45, 2.75) is 64.0 Å². The lowest BCUT2D eigenvalue weighted by Gasteiger charge is -2.30. The normalized spacial score (nSPS) is 21.8. The zero-order valence-electron chi connectivity index (χ0n) is 15.2. The summed E-state index contributed by atoms with van der Waals surface area (Å²) < 4.78 is 1.83. The zero-order valence-corrected chi connectivity index (χ0v) is 16.0. The van der Waals surface area contributed by atoms with Crippen molar-refractivity contribution in [1.29, 1.82) is 0 Å². The highest BCUT2D eigenvalue weighted by Crippen LogP contribution is 2.35. The first-order valence-corrected chi connectivity index (χ1v) is 11.0. The van der Waals surface area contributed by atoms with E-state index in [0.29, 0.717) is 12.5 Å². The first kappa shape index (κ1) is 18.7. The number of hydrogen-bond acceptors (Lipinski definition) is 5. The van der Waals surface area contributed by atoms with E-state index in [1.165, 1.54) is 19.3 Å². The molecule has 1 atom stereocenters. The van der Waals surface area contributed by atoms with E-state index in [9.17, 15) is 9.90 Å². The fourth-order valence-electron chi connectivity index (χ4n) is 4.09. The van der Waals surface area contributed by atoms with E-state index in [1.54, 1.807) is 11.8 Å². The predicted octanol–water partition coefficient (Wildman–Crippen LogP) is 2.42. The molecule has 7 heteroatoms. The second-order valence-corrected chi connectivity index (χ2v) is 8.09. The van der Waals surface area contributed by atoms with Gasteiger partial charge in [-0.05, 0) is 31.9 Å². The molecule has 1 aliphatic heterocycles. The molecule has 0 radical (unpaired) electrons. The summed E-state index contributed by atoms with van der Waals surface area (Å²) in [6.45, 7) is 1.32. The number of aromatic nitrogens is 3. The summed E-state index contributed by atoms with van der Waals surface area (Å²) in [6.07, 6.45) is 10.6. The summed E-state index contributed by atoms with van der Waals surface area (Å²) in [5.41, 5.74) is 0. The lowest BCUT2D eigenvalue weighted by atomic mass is 9.88. The van der Waals surface area contributed by atoms with Gasteiger partial charge in [-0.1, -0.05) is 19.3 Å². The molecule has 0 aromatic carbocycles. The molecule has 0 spiro atoms. The number of rotatable bonds is 7. The van der Waals surface area contributed by atoms with Gasteiger partial charge in [0.05, 0.1) is 19.2 Å². The SMILES string of the molecule is CSCCc1nc([C@@H]2CCCN2C(=O)C2CCCCC2)n(CCO)n1. The predicted molar refractivity (Wildman–Crippen MR) is 99.5 cm³/mol. The van der Waals surface area contributed by atoms with E-state index >= 15 is 0 Å². The Bertz CT molecular complexity index is 571. The summed E-state index contributed by atoms with van der Waals surface area (Å²) in [7, 11) is 0. The maximum Gasteiger partial charge on any atom is 0.226 e. The summed E-state index contributed by atoms with van der Waals surface area (Å²) in [5.74, 6) is 3.19. The molecule has 1 saturated carbocycles. The zero-order chi connectivity index (χ0) is 17.6. The van der Waals surface area contributed by atoms with E-state index in [1.807, 2.05) is 9.58 Å². The highest BCUT2D eigenvalue weighted by atomic mass is 32.2. The molecule has 2 fully saturated rings. The molecule has 6 nitrogen and oxygen atoms in total. The van der Waals surface area contributed by atoms with Gasteiger partial charge in [0.15, 0.2) is 5.82 Å². The molecule has 2 aliphatic rings. The number of aliphatic hydroxyl groups excluding tert-OH is 1. The van der Waals surface area contributed by atoms with Gasteiger partial charge in [0.2, 0.25) is 5.91 Å². The van der Waals surface area contributed by atoms with Crippen LogP contribution in [0.1, 0.15) is 62.6 Å². The quantitative estimate of drug-likeness (QED) is 0.802. The number of carbonyl (C=O) groups excluding carboxylic acids is 1. The molecule has 0 bridgehead atoms. The van der Waals surface area contributed by atoms with Crippen LogP contribution in [0, 0.1) is 5.92 Å². The minimum atomic E-state index is 0.0245. The van der Waals surface area contributed by atoms with Crippen LogP contribution >= 0.6 is 11.8 Å². The van der Waals surface area contributed by atoms with Crippen LogP contribution in [-0.4, -0.2) is 55.8 Å². The van der Waals surface area contributed by atoms with Crippen LogP contribution < -0.4 is 0 Å². The molecular formula is C18H30N4O2S. The third-order valence-electron chi connectivity index (χ3n) is 5.37. The van der Waals surface area contributed by atoms with Gasteiger partial charge in [-0.15, -0.1) is 0 Å². The molecule has 1 aromatic heterocycles. The molecule has 140 valence electrons. The number of aryl methyl sites for hydroxylation is 1. The Hall–Kier alpha value is -1.08. The van der Waals surface area contributed by atoms with Crippen molar-refractivity contribution >= 4 is 17.7 Å². The first-order valence-electron chi connectivity index (χ1n) is 9.58. The molecule has 0 unspecified atom stereocenters. The lowest BCUT2D eigenvalue weighted by Crippen LogP contribution is -2.37. The van der Waals surface area contributed by atoms with Crippen LogP contribution in [0.3, 0.4) is 0 Å². The van der Waals surface area contributed by atoms with E-state index in [-0.39, 0.29) is 18.6 Å². The maximum absolute atomic E-state index is 13.0. The highest BCUT2D eigenvalue weighted by molar-refractivity contribution is 7.98. The molecule has 1 aliphatic carbocycles. The number of carbonyl (C=O) groups is 1. The van der Waals surface area contributed by atoms with Crippen molar-refractivity contribution in [2.75, 3.05) is 25.2 Å². The monoisotopic (exact) mass is 366 g/mol. The number of likely N-dealkylation sites (tertiary alicyclic amines) is 1. The Morgan fingerprint density at radius 3 is 2.76 bits per heavy atom. The number of aliphatic hydroxyl groups is 1. The van der Waals surface area contributed by atoms with Crippen LogP contribution in [0.5, 0.6) is 0 Å². The van der Waals surface area contributed by atoms with E-state index in [4.69, 9.17) is 4.98 Å². The molecule has 1 aromatic rings. The largest absolute Gasteiger partial charge is 0.394 e. The van der Waals surface area contributed by atoms with Crippen molar-refractivity contribution < 1.29 is 9.90 Å². The van der Waals surface area contributed by atoms with Crippen molar-refractivity contribution in [3.05, 3.63) is 11.6 Å². The van der Waals surface area contributed by atoms with Gasteiger partial charge in [-0.3, -0.25) is 4.79 Å². The standard InChI is InChI=1S/C18H30N4O2S/c1-25-13-9-16-19-17(22(20-16)11-12-23)15-8-5-10-21(15)18(24)14-6-3-2-4-7-14/h14-15,23H,2-13H2,1H3/t15-/m0/s1. The van der Waals surface area contributed by atoms with Gasteiger partial charge in [-0.25, -0.2) is 9.67 Å². The van der Waals surface area contributed by atoms with Crippen LogP contribution in [0.25, 0.3) is 0 Å². The Balaban J connectivity index is 1.78. The van der Waals surface area contributed by atoms with Gasteiger partial charge in [0.25, 0.3) is 0 Å². The van der Waals surface area contributed by atoms with Crippen molar-refractivity contribution in [2.24, 2.45) is 5.92 Å². The fourth-order valence-corrected chi connectivity index (χ4v) is 4.48. The molecule has 1 saturated heterocycles. The second kappa shape index (κ2) is 9.03. The summed E-state index contributed by atoms with van der Waals surface area (Å²) in [5, 5.41) is 14.0. The maximum atomic E-state index is 13.0. The van der Waals surface area contributed by atoms with E-state index in [2.05, 4.69) is 11.4 Å². The van der Waals surface area contributed by atoms with Gasteiger partial charge >= 0.3 is 0 Å². The fraction of sp³-hybridized carbons (Fsp3) is 0.833. The van der Waals surface area contributed by atoms with Crippen molar-refractivity contribution in [1.82, 2.24) is 19.7 Å². The van der Waals surface area contributed by atoms with E-state index < -0.39 is 0 Å². The Morgan fingerprint density at radius 2 is 2.04 bits per heavy atom. The van der Waals surface area contributed by atoms with Crippen LogP contribution in [0.2, 0.25) is 0 Å². The van der Waals surface area contributed by atoms with Gasteiger partial charge in [-0.2, -0.15) is 16.9 Å². The average molecular weight is 367 g/mol. The first-order chi connectivity index (χ1) is 12.2. The summed E-state index contributed by atoms with van der Waals surface area (Å²) >= 11 is 1.78. The third kappa shape index (κ3) is 4.37. The topological polar surface area (TPSA) is 71.2 Å². The minimum Gasteiger partial charge on any atom is -0.394 e. The second-order valence-electron chi connectivity index (χ2n) is 7.10. The molecule has 2 heterocycles. The summed E-state index contributed by atoms with van der Waals surface area (Å²) in [6, 6.07) is 0.0245. The van der Waals surface area contributed by atoms with Crippen molar-refractivity contribution in [3.63, 3.8) is 0 Å². The number of hydrogen-bond donors (Lipinski definition) is 1. The van der Waals surface area contributed by atoms with Gasteiger partial charge in [0.1, 0.15) is 5.82 Å². The smallest absolute Gasteiger partial charge is 0.226 e. The molecule has 25 heavy (non-hydrogen) atoms. The Kier molecular flexibility index (Phi) is 6.76. The van der Waals surface area contributed by atoms with Crippen molar-refractivity contribution in [3.8, 4) is 0 Å². The molecular weight excluding hydrogens is 336 g/mol. The highest BCUT2D eigenvalue weighted by Gasteiger charge is 2.37. The minimum absolute atomic E-state index is 0.0245. The summed E-state index contributed by atoms with van der Waals surface area (Å²) in [4.78, 5) is 19.9. The van der Waals surface area contributed by atoms with Gasteiger partial charge < -0.3 is 10.0 Å². The van der Waals surface area contributed by atoms with Crippen LogP contribution in [-0.2, 0) is 17.8 Å². The number of amides is 1. The molecule has 1 amide bonds. The number of thioether (sulfide) groups is 1. The van der Waals surface area contributed by atoms with Crippen LogP contribution in [0.4, 0.5) is 0 Å². The number of nitrogens with zero attached hydrogens (tertiary/aromatic N) is 4. The van der Waals surface area contributed by atoms with Crippen LogP contribution in [0.15, 0.2) is 0 Å². The Labute approximate surface area is 154 Å². The average Bonchev–Trinajstić information content (AvgIpc) is 3.27. The third-order valence-corrected chi connectivity index (χ3v) is 5.99. The molecule has 1 N–H and O–H groups in total. The molecule has 3 rings (SSSR count). The lowest BCUT2D eigenvalue weighted by molar-refractivity contribution is -0.137. The Morgan fingerprint density at radius 1 is 1.24 bits per heavy atom. The van der Waals surface area contributed by atoms with E-state index in [0.717, 1.165) is 56.1 Å².